The molecule has 3 rings (SSSR count). The van der Waals surface area contributed by atoms with Crippen LogP contribution in [-0.2, 0) is 5.88 Å². The molecule has 0 N–H and O–H groups in total. The van der Waals surface area contributed by atoms with Gasteiger partial charge in [-0.15, -0.1) is 11.6 Å². The van der Waals surface area contributed by atoms with E-state index in [4.69, 9.17) is 11.6 Å². The van der Waals surface area contributed by atoms with E-state index in [9.17, 15) is 0 Å². The van der Waals surface area contributed by atoms with Crippen molar-refractivity contribution in [2.75, 3.05) is 0 Å². The number of hydrogen-bond acceptors (Lipinski definition) is 2. The van der Waals surface area contributed by atoms with Crippen molar-refractivity contribution >= 4 is 38.7 Å². The minimum absolute atomic E-state index is 0.350. The smallest absolute Gasteiger partial charge is 0.164 e. The maximum atomic E-state index is 6.02. The lowest BCUT2D eigenvalue weighted by molar-refractivity contribution is 0.959. The zero-order valence-corrected chi connectivity index (χ0v) is 12.6. The number of imidazole rings is 1. The van der Waals surface area contributed by atoms with Gasteiger partial charge in [0.2, 0.25) is 0 Å². The molecule has 0 aliphatic carbocycles. The van der Waals surface area contributed by atoms with Crippen molar-refractivity contribution in [3.8, 4) is 5.69 Å². The van der Waals surface area contributed by atoms with Crippen molar-refractivity contribution in [1.29, 1.82) is 0 Å². The molecule has 2 heterocycles. The lowest BCUT2D eigenvalue weighted by Gasteiger charge is -2.11. The molecule has 0 aliphatic heterocycles. The molecule has 0 saturated carbocycles. The van der Waals surface area contributed by atoms with Crippen molar-refractivity contribution < 1.29 is 0 Å². The monoisotopic (exact) mass is 335 g/mol. The zero-order valence-electron chi connectivity index (χ0n) is 10.3. The Kier molecular flexibility index (Phi) is 3.29. The van der Waals surface area contributed by atoms with Gasteiger partial charge in [-0.2, -0.15) is 0 Å². The highest BCUT2D eigenvalue weighted by Gasteiger charge is 2.14. The van der Waals surface area contributed by atoms with Crippen molar-refractivity contribution in [1.82, 2.24) is 14.5 Å². The number of alkyl halides is 1. The first-order valence-electron chi connectivity index (χ1n) is 5.86. The number of rotatable bonds is 2. The molecule has 0 fully saturated rings. The van der Waals surface area contributed by atoms with Crippen molar-refractivity contribution in [2.45, 2.75) is 12.8 Å². The van der Waals surface area contributed by atoms with Gasteiger partial charge >= 0.3 is 0 Å². The van der Waals surface area contributed by atoms with E-state index in [1.54, 1.807) is 6.20 Å². The van der Waals surface area contributed by atoms with E-state index in [1.807, 2.05) is 34.9 Å². The normalized spacial score (nSPS) is 11.1. The van der Waals surface area contributed by atoms with Gasteiger partial charge in [-0.25, -0.2) is 9.97 Å². The molecule has 96 valence electrons. The van der Waals surface area contributed by atoms with E-state index >= 15 is 0 Å². The van der Waals surface area contributed by atoms with Gasteiger partial charge in [0.05, 0.1) is 11.6 Å². The fourth-order valence-electron chi connectivity index (χ4n) is 2.14. The Balaban J connectivity index is 2.38. The molecule has 0 aliphatic rings. The number of halogens is 2. The van der Waals surface area contributed by atoms with Crippen molar-refractivity contribution in [2.24, 2.45) is 0 Å². The molecule has 3 nitrogen and oxygen atoms in total. The molecule has 2 aromatic heterocycles. The number of pyridine rings is 1. The summed E-state index contributed by atoms with van der Waals surface area (Å²) in [5.41, 5.74) is 3.88. The molecular formula is C14H11BrClN3. The SMILES string of the molecule is Cc1c(Br)cccc1-n1c(CCl)nc2cccnc21. The van der Waals surface area contributed by atoms with Crippen LogP contribution in [0.4, 0.5) is 0 Å². The Morgan fingerprint density at radius 2 is 2.11 bits per heavy atom. The minimum Gasteiger partial charge on any atom is -0.279 e. The van der Waals surface area contributed by atoms with Crippen LogP contribution in [0.1, 0.15) is 11.4 Å². The van der Waals surface area contributed by atoms with Crippen LogP contribution in [0.5, 0.6) is 0 Å². The maximum absolute atomic E-state index is 6.02. The molecule has 0 saturated heterocycles. The second kappa shape index (κ2) is 4.94. The number of nitrogens with zero attached hydrogens (tertiary/aromatic N) is 3. The van der Waals surface area contributed by atoms with Crippen LogP contribution in [0, 0.1) is 6.92 Å². The third-order valence-electron chi connectivity index (χ3n) is 3.09. The van der Waals surface area contributed by atoms with E-state index in [0.29, 0.717) is 5.88 Å². The minimum atomic E-state index is 0.350. The average molecular weight is 337 g/mol. The third-order valence-corrected chi connectivity index (χ3v) is 4.18. The van der Waals surface area contributed by atoms with Gasteiger partial charge in [0.1, 0.15) is 11.3 Å². The number of fused-ring (bicyclic) bond motifs is 1. The fraction of sp³-hybridized carbons (Fsp3) is 0.143. The van der Waals surface area contributed by atoms with Gasteiger partial charge < -0.3 is 0 Å². The lowest BCUT2D eigenvalue weighted by atomic mass is 10.2. The van der Waals surface area contributed by atoms with E-state index in [1.165, 1.54) is 0 Å². The van der Waals surface area contributed by atoms with Gasteiger partial charge in [0.15, 0.2) is 5.65 Å². The quantitative estimate of drug-likeness (QED) is 0.656. The van der Waals surface area contributed by atoms with Crippen LogP contribution < -0.4 is 0 Å². The van der Waals surface area contributed by atoms with Crippen LogP contribution in [0.2, 0.25) is 0 Å². The molecule has 0 atom stereocenters. The van der Waals surface area contributed by atoms with Crippen molar-refractivity contribution in [3.63, 3.8) is 0 Å². The summed E-state index contributed by atoms with van der Waals surface area (Å²) < 4.78 is 3.07. The number of aromatic nitrogens is 3. The zero-order chi connectivity index (χ0) is 13.4. The predicted octanol–water partition coefficient (Wildman–Crippen LogP) is 4.23. The average Bonchev–Trinajstić information content (AvgIpc) is 2.80. The van der Waals surface area contributed by atoms with Crippen LogP contribution >= 0.6 is 27.5 Å². The van der Waals surface area contributed by atoms with E-state index in [0.717, 1.165) is 32.7 Å². The van der Waals surface area contributed by atoms with Crippen LogP contribution in [-0.4, -0.2) is 14.5 Å². The molecule has 0 radical (unpaired) electrons. The third kappa shape index (κ3) is 2.05. The molecule has 0 amide bonds. The van der Waals surface area contributed by atoms with Gasteiger partial charge in [-0.05, 0) is 36.8 Å². The van der Waals surface area contributed by atoms with E-state index < -0.39 is 0 Å². The van der Waals surface area contributed by atoms with Gasteiger partial charge in [0.25, 0.3) is 0 Å². The first kappa shape index (κ1) is 12.6. The Morgan fingerprint density at radius 3 is 2.89 bits per heavy atom. The summed E-state index contributed by atoms with van der Waals surface area (Å²) in [7, 11) is 0. The molecular weight excluding hydrogens is 326 g/mol. The summed E-state index contributed by atoms with van der Waals surface area (Å²) >= 11 is 9.58. The summed E-state index contributed by atoms with van der Waals surface area (Å²) in [5.74, 6) is 1.15. The van der Waals surface area contributed by atoms with Gasteiger partial charge in [0, 0.05) is 10.7 Å². The molecule has 1 aromatic carbocycles. The Bertz CT molecular complexity index is 752. The first-order valence-corrected chi connectivity index (χ1v) is 7.19. The van der Waals surface area contributed by atoms with E-state index in [-0.39, 0.29) is 0 Å². The van der Waals surface area contributed by atoms with Crippen LogP contribution in [0.3, 0.4) is 0 Å². The molecule has 0 spiro atoms. The Morgan fingerprint density at radius 1 is 1.26 bits per heavy atom. The molecule has 0 bridgehead atoms. The van der Waals surface area contributed by atoms with Crippen molar-refractivity contribution in [3.05, 3.63) is 52.4 Å². The summed E-state index contributed by atoms with van der Waals surface area (Å²) in [6.07, 6.45) is 1.77. The van der Waals surface area contributed by atoms with Crippen LogP contribution in [0.15, 0.2) is 41.0 Å². The lowest BCUT2D eigenvalue weighted by Crippen LogP contribution is -2.02. The van der Waals surface area contributed by atoms with Gasteiger partial charge in [-0.1, -0.05) is 22.0 Å². The summed E-state index contributed by atoms with van der Waals surface area (Å²) in [4.78, 5) is 8.95. The molecule has 3 aromatic rings. The maximum Gasteiger partial charge on any atom is 0.164 e. The summed E-state index contributed by atoms with van der Waals surface area (Å²) in [6.45, 7) is 2.06. The molecule has 5 heteroatoms. The summed E-state index contributed by atoms with van der Waals surface area (Å²) in [6, 6.07) is 9.89. The molecule has 0 unspecified atom stereocenters. The topological polar surface area (TPSA) is 30.7 Å². The van der Waals surface area contributed by atoms with Crippen LogP contribution in [0.25, 0.3) is 16.9 Å². The highest BCUT2D eigenvalue weighted by Crippen LogP contribution is 2.27. The second-order valence-corrected chi connectivity index (χ2v) is 5.35. The first-order chi connectivity index (χ1) is 9.22. The highest BCUT2D eigenvalue weighted by molar-refractivity contribution is 9.10. The van der Waals surface area contributed by atoms with Gasteiger partial charge in [-0.3, -0.25) is 4.57 Å². The fourth-order valence-corrected chi connectivity index (χ4v) is 2.68. The Labute approximate surface area is 124 Å². The van der Waals surface area contributed by atoms with E-state index in [2.05, 4.69) is 32.8 Å². The molecule has 19 heavy (non-hydrogen) atoms. The second-order valence-electron chi connectivity index (χ2n) is 4.23. The Hall–Kier alpha value is -1.39. The number of hydrogen-bond donors (Lipinski definition) is 0. The predicted molar refractivity (Wildman–Crippen MR) is 80.9 cm³/mol. The number of benzene rings is 1. The summed E-state index contributed by atoms with van der Waals surface area (Å²) in [5, 5.41) is 0. The standard InChI is InChI=1S/C14H11BrClN3/c1-9-10(15)4-2-6-12(9)19-13(8-16)18-11-5-3-7-17-14(11)19/h2-7H,8H2,1H3. The largest absolute Gasteiger partial charge is 0.279 e. The highest BCUT2D eigenvalue weighted by atomic mass is 79.9.